The zero-order valence-electron chi connectivity index (χ0n) is 22.7. The fourth-order valence-corrected chi connectivity index (χ4v) is 4.19. The SMILES string of the molecule is CCCCc1cc2c(-c3ccc(C(C)C)cc3)cccc2[cH-]1.C[Si]C.[Cl][Zr+2][Cl].c1ccc2[cH-]ccc2c1. The molecule has 0 saturated heterocycles. The van der Waals surface area contributed by atoms with Crippen molar-refractivity contribution in [3.05, 3.63) is 108 Å². The van der Waals surface area contributed by atoms with Gasteiger partial charge in [-0.25, -0.2) is 0 Å². The number of aryl methyl sites for hydroxylation is 1. The van der Waals surface area contributed by atoms with Gasteiger partial charge in [-0.3, -0.25) is 0 Å². The van der Waals surface area contributed by atoms with Crippen LogP contribution in [0.4, 0.5) is 0 Å². The molecule has 0 N–H and O–H groups in total. The number of unbranched alkanes of at least 4 members (excludes halogenated alkanes) is 1. The predicted molar refractivity (Wildman–Crippen MR) is 166 cm³/mol. The van der Waals surface area contributed by atoms with Gasteiger partial charge in [-0.2, -0.15) is 23.6 Å². The molecule has 0 atom stereocenters. The first-order valence-electron chi connectivity index (χ1n) is 12.9. The van der Waals surface area contributed by atoms with Crippen molar-refractivity contribution in [1.29, 1.82) is 0 Å². The summed E-state index contributed by atoms with van der Waals surface area (Å²) in [4.78, 5) is 0. The minimum absolute atomic E-state index is 0.587. The molecule has 0 heterocycles. The summed E-state index contributed by atoms with van der Waals surface area (Å²) in [5.41, 5.74) is 5.56. The molecule has 2 radical (unpaired) electrons. The molecule has 5 rings (SSSR count). The Morgan fingerprint density at radius 3 is 2.14 bits per heavy atom. The van der Waals surface area contributed by atoms with E-state index in [1.807, 2.05) is 0 Å². The average Bonchev–Trinajstić information content (AvgIpc) is 3.55. The van der Waals surface area contributed by atoms with Crippen LogP contribution < -0.4 is 0 Å². The van der Waals surface area contributed by atoms with Gasteiger partial charge in [0, 0.05) is 9.52 Å². The molecule has 192 valence electrons. The summed E-state index contributed by atoms with van der Waals surface area (Å²) < 4.78 is 0. The molecule has 0 saturated carbocycles. The normalized spacial score (nSPS) is 10.1. The summed E-state index contributed by atoms with van der Waals surface area (Å²) in [5.74, 6) is 0.587. The first-order chi connectivity index (χ1) is 18.0. The molecule has 0 amide bonds. The summed E-state index contributed by atoms with van der Waals surface area (Å²) >= 11 is -0.826. The molecule has 5 aromatic carbocycles. The Kier molecular flexibility index (Phi) is 15.4. The van der Waals surface area contributed by atoms with Gasteiger partial charge in [0.2, 0.25) is 0 Å². The van der Waals surface area contributed by atoms with Crippen LogP contribution in [-0.2, 0) is 27.3 Å². The molecule has 0 aliphatic rings. The van der Waals surface area contributed by atoms with Crippen molar-refractivity contribution >= 4 is 48.1 Å². The summed E-state index contributed by atoms with van der Waals surface area (Å²) in [6.07, 6.45) is 3.72. The largest absolute Gasteiger partial charge is 0.168 e. The van der Waals surface area contributed by atoms with Crippen LogP contribution in [0.15, 0.2) is 97.1 Å². The fourth-order valence-electron chi connectivity index (χ4n) is 4.19. The Morgan fingerprint density at radius 1 is 0.865 bits per heavy atom. The maximum absolute atomic E-state index is 4.93. The Labute approximate surface area is 245 Å². The van der Waals surface area contributed by atoms with Gasteiger partial charge in [0.1, 0.15) is 0 Å². The third-order valence-corrected chi connectivity index (χ3v) is 6.07. The van der Waals surface area contributed by atoms with E-state index in [1.54, 1.807) is 0 Å². The number of halogens is 2. The zero-order valence-corrected chi connectivity index (χ0v) is 27.7. The second kappa shape index (κ2) is 18.0. The van der Waals surface area contributed by atoms with Gasteiger partial charge in [-0.15, -0.1) is 64.2 Å². The molecule has 0 aromatic heterocycles. The molecule has 0 fully saturated rings. The quantitative estimate of drug-likeness (QED) is 0.135. The molecule has 0 unspecified atom stereocenters. The molecule has 4 heteroatoms. The van der Waals surface area contributed by atoms with E-state index in [0.717, 1.165) is 9.52 Å². The molecular weight excluding hydrogens is 587 g/mol. The second-order valence-corrected chi connectivity index (χ2v) is 14.0. The Balaban J connectivity index is 0.000000263. The number of benzene rings is 3. The van der Waals surface area contributed by atoms with Gasteiger partial charge in [-0.1, -0.05) is 88.7 Å². The van der Waals surface area contributed by atoms with Crippen molar-refractivity contribution in [2.45, 2.75) is 59.0 Å². The van der Waals surface area contributed by atoms with E-state index in [0.29, 0.717) is 5.92 Å². The van der Waals surface area contributed by atoms with Gasteiger partial charge < -0.3 is 0 Å². The molecule has 5 aromatic rings. The van der Waals surface area contributed by atoms with Crippen LogP contribution in [0.25, 0.3) is 32.7 Å². The molecule has 0 nitrogen and oxygen atoms in total. The number of rotatable bonds is 5. The van der Waals surface area contributed by atoms with Crippen molar-refractivity contribution in [3.63, 3.8) is 0 Å². The van der Waals surface area contributed by atoms with E-state index >= 15 is 0 Å². The van der Waals surface area contributed by atoms with E-state index < -0.39 is 20.8 Å². The molecule has 0 aliphatic carbocycles. The van der Waals surface area contributed by atoms with Crippen LogP contribution in [0.3, 0.4) is 0 Å². The van der Waals surface area contributed by atoms with Crippen LogP contribution in [-0.4, -0.2) is 9.52 Å². The first-order valence-corrected chi connectivity index (χ1v) is 21.3. The molecule has 37 heavy (non-hydrogen) atoms. The van der Waals surface area contributed by atoms with E-state index in [4.69, 9.17) is 17.0 Å². The molecule has 0 bridgehead atoms. The minimum Gasteiger partial charge on any atom is -0.168 e. The van der Waals surface area contributed by atoms with E-state index in [2.05, 4.69) is 131 Å². The van der Waals surface area contributed by atoms with Crippen LogP contribution >= 0.6 is 17.0 Å². The van der Waals surface area contributed by atoms with Crippen molar-refractivity contribution < 1.29 is 20.8 Å². The third-order valence-electron chi connectivity index (χ3n) is 6.07. The maximum atomic E-state index is 4.93. The van der Waals surface area contributed by atoms with E-state index in [9.17, 15) is 0 Å². The summed E-state index contributed by atoms with van der Waals surface area (Å²) in [5, 5.41) is 5.43. The van der Waals surface area contributed by atoms with Crippen molar-refractivity contribution in [2.24, 2.45) is 0 Å². The molecule has 0 spiro atoms. The van der Waals surface area contributed by atoms with Crippen LogP contribution in [0.5, 0.6) is 0 Å². The monoisotopic (exact) mass is 622 g/mol. The number of fused-ring (bicyclic) bond motifs is 2. The number of hydrogen-bond acceptors (Lipinski definition) is 0. The minimum atomic E-state index is -0.826. The van der Waals surface area contributed by atoms with Gasteiger partial charge >= 0.3 is 37.9 Å². The van der Waals surface area contributed by atoms with Crippen molar-refractivity contribution in [2.75, 3.05) is 0 Å². The van der Waals surface area contributed by atoms with Gasteiger partial charge in [0.15, 0.2) is 0 Å². The van der Waals surface area contributed by atoms with Crippen molar-refractivity contribution in [1.82, 2.24) is 0 Å². The Bertz CT molecular complexity index is 1250. The molecular formula is C33H38Cl2SiZr. The first kappa shape index (κ1) is 31.8. The van der Waals surface area contributed by atoms with Crippen LogP contribution in [0.1, 0.15) is 50.7 Å². The third kappa shape index (κ3) is 10.3. The smallest absolute Gasteiger partial charge is 0.0809 e. The summed E-state index contributed by atoms with van der Waals surface area (Å²) in [6.45, 7) is 11.0. The Morgan fingerprint density at radius 2 is 1.51 bits per heavy atom. The van der Waals surface area contributed by atoms with E-state index in [-0.39, 0.29) is 0 Å². The fraction of sp³-hybridized carbons (Fsp3) is 0.273. The van der Waals surface area contributed by atoms with Gasteiger partial charge in [-0.05, 0) is 23.5 Å². The standard InChI is InChI=1S/C22H25.C9H7.C2H6Si.2ClH.Zr/c1-4-5-7-17-14-20-8-6-9-21(22(20)15-17)19-12-10-18(11-13-19)16(2)3;1-2-5-9-7-3-6-8(9)4-1;1-3-2;;;/h6,8-16H,4-5,7H2,1-3H3;1-7H;1-2H3;2*1H;/q2*-1;;;;+4/p-2. The summed E-state index contributed by atoms with van der Waals surface area (Å²) in [6, 6.07) is 35.1. The summed E-state index contributed by atoms with van der Waals surface area (Å²) in [7, 11) is 11.0. The van der Waals surface area contributed by atoms with Crippen LogP contribution in [0, 0.1) is 0 Å². The molecule has 0 aliphatic heterocycles. The van der Waals surface area contributed by atoms with Gasteiger partial charge in [0.05, 0.1) is 0 Å². The van der Waals surface area contributed by atoms with Crippen LogP contribution in [0.2, 0.25) is 13.1 Å². The average molecular weight is 625 g/mol. The Hall–Kier alpha value is -1.44. The maximum Gasteiger partial charge on any atom is -0.0809 e. The van der Waals surface area contributed by atoms with Gasteiger partial charge in [0.25, 0.3) is 0 Å². The topological polar surface area (TPSA) is 0 Å². The number of hydrogen-bond donors (Lipinski definition) is 0. The van der Waals surface area contributed by atoms with E-state index in [1.165, 1.54) is 63.1 Å². The van der Waals surface area contributed by atoms with Crippen molar-refractivity contribution in [3.8, 4) is 11.1 Å². The second-order valence-electron chi connectivity index (χ2n) is 9.28. The predicted octanol–water partition coefficient (Wildman–Crippen LogP) is 11.4. The zero-order chi connectivity index (χ0) is 27.0.